The summed E-state index contributed by atoms with van der Waals surface area (Å²) in [6.07, 6.45) is 0.932. The normalized spacial score (nSPS) is 26.6. The first-order valence-electron chi connectivity index (χ1n) is 5.39. The zero-order valence-corrected chi connectivity index (χ0v) is 8.38. The Morgan fingerprint density at radius 3 is 2.58 bits per heavy atom. The molecule has 0 aromatic carbocycles. The summed E-state index contributed by atoms with van der Waals surface area (Å²) < 4.78 is 7.36. The van der Waals surface area contributed by atoms with Crippen molar-refractivity contribution >= 4 is 0 Å². The molecule has 0 amide bonds. The second-order valence-corrected chi connectivity index (χ2v) is 4.17. The average Bonchev–Trinajstić information content (AvgIpc) is 1.95. The van der Waals surface area contributed by atoms with Crippen LogP contribution in [0.4, 0.5) is 0 Å². The molecule has 0 aromatic rings. The number of hydrogen-bond acceptors (Lipinski definition) is 2. The quantitative estimate of drug-likeness (QED) is 0.694. The van der Waals surface area contributed by atoms with Gasteiger partial charge in [0.1, 0.15) is 0 Å². The van der Waals surface area contributed by atoms with E-state index < -0.39 is 5.60 Å². The number of β-amino-alcohol motifs (C(OH)–C–C–N with tert-alkyl or cyclic N) is 1. The van der Waals surface area contributed by atoms with Crippen molar-refractivity contribution < 1.29 is 6.48 Å². The van der Waals surface area contributed by atoms with Crippen molar-refractivity contribution in [2.75, 3.05) is 19.6 Å². The molecule has 0 spiro atoms. The van der Waals surface area contributed by atoms with Crippen molar-refractivity contribution in [3.05, 3.63) is 0 Å². The standard InChI is InChI=1S/C10H21NO/c1-4-5-6-11-7-10(12,8-11)9(2)3/h9,12H,4-8H2,1-3H3/i4D/t4-/m1/s1. The summed E-state index contributed by atoms with van der Waals surface area (Å²) in [6.45, 7) is 8.57. The first kappa shape index (κ1) is 8.52. The molecule has 0 unspecified atom stereocenters. The summed E-state index contributed by atoms with van der Waals surface area (Å²) in [4.78, 5) is 2.23. The predicted molar refractivity (Wildman–Crippen MR) is 51.1 cm³/mol. The zero-order chi connectivity index (χ0) is 10.1. The van der Waals surface area contributed by atoms with Gasteiger partial charge >= 0.3 is 0 Å². The molecule has 1 saturated heterocycles. The Labute approximate surface area is 77.0 Å². The number of hydrogen-bond donors (Lipinski definition) is 1. The zero-order valence-electron chi connectivity index (χ0n) is 9.38. The summed E-state index contributed by atoms with van der Waals surface area (Å²) in [6, 6.07) is 0. The lowest BCUT2D eigenvalue weighted by atomic mass is 9.83. The fourth-order valence-electron chi connectivity index (χ4n) is 1.56. The van der Waals surface area contributed by atoms with Gasteiger partial charge in [0.25, 0.3) is 0 Å². The molecule has 0 aromatic heterocycles. The molecule has 1 atom stereocenters. The van der Waals surface area contributed by atoms with E-state index >= 15 is 0 Å². The highest BCUT2D eigenvalue weighted by atomic mass is 16.3. The lowest BCUT2D eigenvalue weighted by molar-refractivity contribution is -0.127. The third-order valence-corrected chi connectivity index (χ3v) is 2.80. The van der Waals surface area contributed by atoms with Crippen LogP contribution in [0.1, 0.15) is 35.0 Å². The number of likely N-dealkylation sites (tertiary alicyclic amines) is 1. The maximum absolute atomic E-state index is 9.93. The van der Waals surface area contributed by atoms with E-state index in [1.54, 1.807) is 0 Å². The van der Waals surface area contributed by atoms with E-state index in [1.165, 1.54) is 0 Å². The molecule has 0 bridgehead atoms. The fourth-order valence-corrected chi connectivity index (χ4v) is 1.56. The Hall–Kier alpha value is -0.0800. The van der Waals surface area contributed by atoms with Crippen LogP contribution < -0.4 is 0 Å². The molecule has 0 saturated carbocycles. The molecule has 12 heavy (non-hydrogen) atoms. The van der Waals surface area contributed by atoms with Crippen molar-refractivity contribution in [1.29, 1.82) is 0 Å². The maximum atomic E-state index is 9.93. The van der Waals surface area contributed by atoms with E-state index in [0.29, 0.717) is 5.92 Å². The second-order valence-electron chi connectivity index (χ2n) is 4.17. The van der Waals surface area contributed by atoms with Crippen LogP contribution in [-0.2, 0) is 0 Å². The smallest absolute Gasteiger partial charge is 0.0922 e. The highest BCUT2D eigenvalue weighted by Gasteiger charge is 2.42. The molecule has 1 rings (SSSR count). The van der Waals surface area contributed by atoms with Crippen LogP contribution in [0, 0.1) is 5.92 Å². The number of aliphatic hydroxyl groups is 1. The molecule has 1 aliphatic rings. The second kappa shape index (κ2) is 3.75. The molecule has 1 heterocycles. The van der Waals surface area contributed by atoms with Gasteiger partial charge in [-0.05, 0) is 18.9 Å². The highest BCUT2D eigenvalue weighted by molar-refractivity contribution is 4.97. The van der Waals surface area contributed by atoms with Crippen LogP contribution in [0.25, 0.3) is 0 Å². The predicted octanol–water partition coefficient (Wildman–Crippen LogP) is 1.49. The topological polar surface area (TPSA) is 23.5 Å². The molecule has 1 N–H and O–H groups in total. The molecule has 2 nitrogen and oxygen atoms in total. The van der Waals surface area contributed by atoms with Crippen LogP contribution >= 0.6 is 0 Å². The van der Waals surface area contributed by atoms with Crippen molar-refractivity contribution in [3.8, 4) is 0 Å². The lowest BCUT2D eigenvalue weighted by Crippen LogP contribution is -2.64. The largest absolute Gasteiger partial charge is 0.387 e. The summed E-state index contributed by atoms with van der Waals surface area (Å²) >= 11 is 0. The third-order valence-electron chi connectivity index (χ3n) is 2.80. The van der Waals surface area contributed by atoms with E-state index in [0.717, 1.165) is 26.1 Å². The molecule has 72 valence electrons. The van der Waals surface area contributed by atoms with Crippen LogP contribution in [0.3, 0.4) is 0 Å². The SMILES string of the molecule is [2H][C@H](C)CCN1CC(O)(C(C)C)C1. The van der Waals surface area contributed by atoms with E-state index in [9.17, 15) is 5.11 Å². The van der Waals surface area contributed by atoms with E-state index in [4.69, 9.17) is 1.37 Å². The minimum Gasteiger partial charge on any atom is -0.387 e. The molecule has 2 heteroatoms. The summed E-state index contributed by atoms with van der Waals surface area (Å²) in [5.41, 5.74) is -0.453. The van der Waals surface area contributed by atoms with Gasteiger partial charge in [0.05, 0.1) is 5.60 Å². The Balaban J connectivity index is 2.18. The minimum atomic E-state index is -0.453. The van der Waals surface area contributed by atoms with Gasteiger partial charge in [0.15, 0.2) is 0 Å². The maximum Gasteiger partial charge on any atom is 0.0922 e. The monoisotopic (exact) mass is 172 g/mol. The van der Waals surface area contributed by atoms with Crippen molar-refractivity contribution in [2.45, 2.75) is 39.2 Å². The highest BCUT2D eigenvalue weighted by Crippen LogP contribution is 2.28. The summed E-state index contributed by atoms with van der Waals surface area (Å²) in [7, 11) is 0. The van der Waals surface area contributed by atoms with Crippen LogP contribution in [0.15, 0.2) is 0 Å². The van der Waals surface area contributed by atoms with Gasteiger partial charge in [0.2, 0.25) is 0 Å². The molecule has 1 fully saturated rings. The Morgan fingerprint density at radius 2 is 2.17 bits per heavy atom. The Kier molecular flexibility index (Phi) is 2.66. The van der Waals surface area contributed by atoms with Gasteiger partial charge in [-0.3, -0.25) is 4.90 Å². The number of rotatable bonds is 4. The van der Waals surface area contributed by atoms with Crippen molar-refractivity contribution in [3.63, 3.8) is 0 Å². The van der Waals surface area contributed by atoms with Crippen molar-refractivity contribution in [1.82, 2.24) is 4.90 Å². The average molecular weight is 172 g/mol. The summed E-state index contributed by atoms with van der Waals surface area (Å²) in [5.74, 6) is 0.345. The Bertz CT molecular complexity index is 164. The Morgan fingerprint density at radius 1 is 1.58 bits per heavy atom. The van der Waals surface area contributed by atoms with Crippen molar-refractivity contribution in [2.24, 2.45) is 5.92 Å². The summed E-state index contributed by atoms with van der Waals surface area (Å²) in [5, 5.41) is 9.93. The first-order valence-corrected chi connectivity index (χ1v) is 4.81. The molecule has 0 aliphatic carbocycles. The fraction of sp³-hybridized carbons (Fsp3) is 1.00. The van der Waals surface area contributed by atoms with Gasteiger partial charge < -0.3 is 5.11 Å². The van der Waals surface area contributed by atoms with Crippen LogP contribution in [-0.4, -0.2) is 35.2 Å². The van der Waals surface area contributed by atoms with E-state index in [-0.39, 0.29) is 6.40 Å². The van der Waals surface area contributed by atoms with Gasteiger partial charge in [-0.15, -0.1) is 0 Å². The molecule has 0 radical (unpaired) electrons. The van der Waals surface area contributed by atoms with E-state index in [2.05, 4.69) is 18.7 Å². The van der Waals surface area contributed by atoms with Crippen LogP contribution in [0.5, 0.6) is 0 Å². The van der Waals surface area contributed by atoms with Crippen LogP contribution in [0.2, 0.25) is 0 Å². The molecular weight excluding hydrogens is 150 g/mol. The number of nitrogens with zero attached hydrogens (tertiary/aromatic N) is 1. The van der Waals surface area contributed by atoms with Gasteiger partial charge in [-0.1, -0.05) is 27.2 Å². The molecular formula is C10H21NO. The third kappa shape index (κ3) is 1.99. The van der Waals surface area contributed by atoms with E-state index in [1.807, 2.05) is 6.92 Å². The van der Waals surface area contributed by atoms with Gasteiger partial charge in [0, 0.05) is 14.5 Å². The minimum absolute atomic E-state index is 0.0211. The van der Waals surface area contributed by atoms with Gasteiger partial charge in [-0.25, -0.2) is 0 Å². The molecule has 1 aliphatic heterocycles. The lowest BCUT2D eigenvalue weighted by Gasteiger charge is -2.49. The first-order chi connectivity index (χ1) is 5.94. The van der Waals surface area contributed by atoms with Gasteiger partial charge in [-0.2, -0.15) is 0 Å².